The molecule has 2 heteroatoms. The Labute approximate surface area is 153 Å². The first-order valence-corrected chi connectivity index (χ1v) is 9.45. The molecule has 0 radical (unpaired) electrons. The molecule has 1 N–H and O–H groups in total. The first-order valence-electron chi connectivity index (χ1n) is 9.45. The quantitative estimate of drug-likeness (QED) is 0.661. The third kappa shape index (κ3) is 4.43. The summed E-state index contributed by atoms with van der Waals surface area (Å²) >= 11 is 0. The number of aromatic hydroxyl groups is 1. The summed E-state index contributed by atoms with van der Waals surface area (Å²) in [6.07, 6.45) is 1.02. The van der Waals surface area contributed by atoms with Gasteiger partial charge in [-0.05, 0) is 46.2 Å². The van der Waals surface area contributed by atoms with Crippen LogP contribution in [0.15, 0.2) is 48.5 Å². The third-order valence-electron chi connectivity index (χ3n) is 6.02. The van der Waals surface area contributed by atoms with Crippen molar-refractivity contribution < 1.29 is 9.59 Å². The fourth-order valence-electron chi connectivity index (χ4n) is 3.66. The average Bonchev–Trinajstić information content (AvgIpc) is 2.58. The third-order valence-corrected chi connectivity index (χ3v) is 6.02. The number of nitrogens with zero attached hydrogens (tertiary/aromatic N) is 1. The molecule has 0 aromatic heterocycles. The van der Waals surface area contributed by atoms with Crippen molar-refractivity contribution in [2.24, 2.45) is 0 Å². The first kappa shape index (κ1) is 19.5. The van der Waals surface area contributed by atoms with Gasteiger partial charge < -0.3 is 9.59 Å². The van der Waals surface area contributed by atoms with Crippen molar-refractivity contribution in [2.75, 3.05) is 13.6 Å². The molecule has 136 valence electrons. The number of aryl methyl sites for hydroxylation is 1. The molecule has 25 heavy (non-hydrogen) atoms. The maximum absolute atomic E-state index is 10.5. The number of benzene rings is 2. The van der Waals surface area contributed by atoms with E-state index in [1.165, 1.54) is 11.1 Å². The molecular formula is C23H34NO+. The number of hydrogen-bond donors (Lipinski definition) is 1. The van der Waals surface area contributed by atoms with E-state index in [0.29, 0.717) is 17.8 Å². The summed E-state index contributed by atoms with van der Waals surface area (Å²) in [6, 6.07) is 17.7. The summed E-state index contributed by atoms with van der Waals surface area (Å²) in [6.45, 7) is 12.4. The second-order valence-electron chi connectivity index (χ2n) is 8.07. The number of rotatable bonds is 7. The van der Waals surface area contributed by atoms with Gasteiger partial charge in [-0.2, -0.15) is 0 Å². The maximum atomic E-state index is 10.5. The zero-order chi connectivity index (χ0) is 18.6. The Hall–Kier alpha value is -1.80. The van der Waals surface area contributed by atoms with Crippen LogP contribution in [0, 0.1) is 6.92 Å². The van der Waals surface area contributed by atoms with Crippen LogP contribution >= 0.6 is 0 Å². The van der Waals surface area contributed by atoms with Gasteiger partial charge in [0, 0.05) is 17.9 Å². The van der Waals surface area contributed by atoms with Crippen molar-refractivity contribution in [1.82, 2.24) is 0 Å². The van der Waals surface area contributed by atoms with Crippen molar-refractivity contribution in [1.29, 1.82) is 0 Å². The molecule has 0 spiro atoms. The Morgan fingerprint density at radius 3 is 2.08 bits per heavy atom. The van der Waals surface area contributed by atoms with Crippen LogP contribution in [0.4, 0.5) is 0 Å². The molecular weight excluding hydrogens is 306 g/mol. The molecule has 2 aromatic carbocycles. The summed E-state index contributed by atoms with van der Waals surface area (Å²) in [4.78, 5) is 0. The Bertz CT molecular complexity index is 668. The van der Waals surface area contributed by atoms with Gasteiger partial charge in [-0.1, -0.05) is 48.0 Å². The van der Waals surface area contributed by atoms with Crippen LogP contribution in [0.1, 0.15) is 56.7 Å². The molecule has 2 nitrogen and oxygen atoms in total. The predicted molar refractivity (Wildman–Crippen MR) is 107 cm³/mol. The van der Waals surface area contributed by atoms with Crippen LogP contribution in [0.3, 0.4) is 0 Å². The highest BCUT2D eigenvalue weighted by atomic mass is 16.3. The summed E-state index contributed by atoms with van der Waals surface area (Å²) in [5.74, 6) is 0.624. The molecule has 0 fully saturated rings. The van der Waals surface area contributed by atoms with Crippen LogP contribution in [0.2, 0.25) is 0 Å². The summed E-state index contributed by atoms with van der Waals surface area (Å²) < 4.78 is 1.04. The van der Waals surface area contributed by atoms with Crippen LogP contribution in [0.25, 0.3) is 0 Å². The van der Waals surface area contributed by atoms with E-state index in [2.05, 4.69) is 78.1 Å². The zero-order valence-corrected chi connectivity index (χ0v) is 16.7. The van der Waals surface area contributed by atoms with Crippen molar-refractivity contribution in [3.8, 4) is 5.75 Å². The smallest absolute Gasteiger partial charge is 0.119 e. The van der Waals surface area contributed by atoms with Crippen molar-refractivity contribution in [2.45, 2.75) is 59.0 Å². The molecule has 0 heterocycles. The van der Waals surface area contributed by atoms with Gasteiger partial charge in [0.15, 0.2) is 0 Å². The molecule has 0 saturated heterocycles. The standard InChI is InChI=1S/C23H33NO/c1-17(2)24(6,18(3)4)15-14-21(20-10-8-7-9-11-20)22-16-19(5)12-13-23(22)25/h7-13,16-18,21H,14-15H2,1-6H3/p+1. The highest BCUT2D eigenvalue weighted by Gasteiger charge is 2.31. The van der Waals surface area contributed by atoms with Gasteiger partial charge in [-0.15, -0.1) is 0 Å². The van der Waals surface area contributed by atoms with E-state index in [0.717, 1.165) is 23.0 Å². The van der Waals surface area contributed by atoms with Gasteiger partial charge >= 0.3 is 0 Å². The van der Waals surface area contributed by atoms with Gasteiger partial charge in [0.2, 0.25) is 0 Å². The molecule has 0 aliphatic carbocycles. The number of hydrogen-bond acceptors (Lipinski definition) is 1. The normalized spacial score (nSPS) is 13.4. The first-order chi connectivity index (χ1) is 11.8. The van der Waals surface area contributed by atoms with Crippen LogP contribution in [-0.2, 0) is 0 Å². The maximum Gasteiger partial charge on any atom is 0.119 e. The Kier molecular flexibility index (Phi) is 6.29. The minimum Gasteiger partial charge on any atom is -0.508 e. The molecule has 0 aliphatic rings. The molecule has 1 unspecified atom stereocenters. The predicted octanol–water partition coefficient (Wildman–Crippen LogP) is 5.49. The van der Waals surface area contributed by atoms with Gasteiger partial charge in [0.05, 0.1) is 25.7 Å². The Balaban J connectivity index is 2.38. The van der Waals surface area contributed by atoms with E-state index in [-0.39, 0.29) is 5.92 Å². The lowest BCUT2D eigenvalue weighted by molar-refractivity contribution is -0.949. The van der Waals surface area contributed by atoms with Gasteiger partial charge in [0.1, 0.15) is 5.75 Å². The second-order valence-corrected chi connectivity index (χ2v) is 8.07. The lowest BCUT2D eigenvalue weighted by Gasteiger charge is -2.43. The van der Waals surface area contributed by atoms with Gasteiger partial charge in [-0.3, -0.25) is 0 Å². The molecule has 0 aliphatic heterocycles. The summed E-state index contributed by atoms with van der Waals surface area (Å²) in [5, 5.41) is 10.5. The molecule has 0 saturated carbocycles. The second kappa shape index (κ2) is 8.05. The molecule has 0 amide bonds. The average molecular weight is 341 g/mol. The van der Waals surface area contributed by atoms with Gasteiger partial charge in [0.25, 0.3) is 0 Å². The highest BCUT2D eigenvalue weighted by Crippen LogP contribution is 2.35. The largest absolute Gasteiger partial charge is 0.508 e. The van der Waals surface area contributed by atoms with Crippen molar-refractivity contribution in [3.05, 3.63) is 65.2 Å². The minimum atomic E-state index is 0.219. The van der Waals surface area contributed by atoms with Crippen LogP contribution in [0.5, 0.6) is 5.75 Å². The van der Waals surface area contributed by atoms with Crippen LogP contribution < -0.4 is 0 Å². The van der Waals surface area contributed by atoms with E-state index >= 15 is 0 Å². The van der Waals surface area contributed by atoms with Gasteiger partial charge in [-0.25, -0.2) is 0 Å². The number of quaternary nitrogens is 1. The lowest BCUT2D eigenvalue weighted by atomic mass is 9.86. The minimum absolute atomic E-state index is 0.219. The Morgan fingerprint density at radius 1 is 0.920 bits per heavy atom. The monoisotopic (exact) mass is 340 g/mol. The topological polar surface area (TPSA) is 20.2 Å². The van der Waals surface area contributed by atoms with E-state index in [4.69, 9.17) is 0 Å². The highest BCUT2D eigenvalue weighted by molar-refractivity contribution is 5.43. The molecule has 0 bridgehead atoms. The van der Waals surface area contributed by atoms with E-state index in [1.807, 2.05) is 12.1 Å². The number of phenols is 1. The van der Waals surface area contributed by atoms with Crippen LogP contribution in [-0.4, -0.2) is 35.3 Å². The van der Waals surface area contributed by atoms with E-state index in [1.54, 1.807) is 0 Å². The van der Waals surface area contributed by atoms with Crippen molar-refractivity contribution in [3.63, 3.8) is 0 Å². The fraction of sp³-hybridized carbons (Fsp3) is 0.478. The molecule has 2 aromatic rings. The fourth-order valence-corrected chi connectivity index (χ4v) is 3.66. The molecule has 1 atom stereocenters. The molecule has 2 rings (SSSR count). The number of phenolic OH excluding ortho intramolecular Hbond substituents is 1. The van der Waals surface area contributed by atoms with Crippen molar-refractivity contribution >= 4 is 0 Å². The lowest BCUT2D eigenvalue weighted by Crippen LogP contribution is -2.55. The Morgan fingerprint density at radius 2 is 1.52 bits per heavy atom. The van der Waals surface area contributed by atoms with E-state index in [9.17, 15) is 5.11 Å². The van der Waals surface area contributed by atoms with E-state index < -0.39 is 0 Å². The SMILES string of the molecule is Cc1ccc(O)c(C(CC[N+](C)(C(C)C)C(C)C)c2ccccc2)c1. The zero-order valence-electron chi connectivity index (χ0n) is 16.7. The summed E-state index contributed by atoms with van der Waals surface area (Å²) in [7, 11) is 2.35. The summed E-state index contributed by atoms with van der Waals surface area (Å²) in [5.41, 5.74) is 3.52.